The number of nitrogens with one attached hydrogen (secondary N) is 1. The zero-order valence-electron chi connectivity index (χ0n) is 12.4. The van der Waals surface area contributed by atoms with Gasteiger partial charge in [0.2, 0.25) is 10.0 Å². The lowest BCUT2D eigenvalue weighted by molar-refractivity contribution is 0.570. The lowest BCUT2D eigenvalue weighted by Gasteiger charge is -2.10. The van der Waals surface area contributed by atoms with E-state index in [4.69, 9.17) is 0 Å². The minimum absolute atomic E-state index is 0.104. The maximum absolute atomic E-state index is 12.0. The standard InChI is InChI=1S/C17H21NO2S/c1-14(2)18-21(19,20)17-12-10-16(11-13-17)9-8-15-6-4-3-5-7-15/h3-7,10-14,18H,8-9H2,1-2H3. The summed E-state index contributed by atoms with van der Waals surface area (Å²) in [4.78, 5) is 0.319. The van der Waals surface area contributed by atoms with Crippen LogP contribution in [0, 0.1) is 0 Å². The van der Waals surface area contributed by atoms with Crippen LogP contribution in [0.15, 0.2) is 59.5 Å². The van der Waals surface area contributed by atoms with E-state index in [2.05, 4.69) is 16.9 Å². The van der Waals surface area contributed by atoms with Crippen LogP contribution in [0.4, 0.5) is 0 Å². The minimum Gasteiger partial charge on any atom is -0.209 e. The van der Waals surface area contributed by atoms with Crippen LogP contribution in [0.25, 0.3) is 0 Å². The highest BCUT2D eigenvalue weighted by atomic mass is 32.2. The summed E-state index contributed by atoms with van der Waals surface area (Å²) in [6.45, 7) is 3.62. The number of hydrogen-bond donors (Lipinski definition) is 1. The Morgan fingerprint density at radius 2 is 1.38 bits per heavy atom. The lowest BCUT2D eigenvalue weighted by Crippen LogP contribution is -2.30. The van der Waals surface area contributed by atoms with Crippen LogP contribution < -0.4 is 4.72 Å². The van der Waals surface area contributed by atoms with Crippen LogP contribution in [-0.2, 0) is 22.9 Å². The molecule has 0 aromatic heterocycles. The quantitative estimate of drug-likeness (QED) is 0.891. The molecule has 21 heavy (non-hydrogen) atoms. The van der Waals surface area contributed by atoms with E-state index in [1.807, 2.05) is 44.2 Å². The van der Waals surface area contributed by atoms with Gasteiger partial charge in [0, 0.05) is 6.04 Å². The molecule has 2 aromatic rings. The van der Waals surface area contributed by atoms with Crippen molar-refractivity contribution in [2.75, 3.05) is 0 Å². The molecule has 0 heterocycles. The molecule has 0 aliphatic rings. The summed E-state index contributed by atoms with van der Waals surface area (Å²) in [6, 6.07) is 17.3. The molecule has 0 atom stereocenters. The van der Waals surface area contributed by atoms with Crippen molar-refractivity contribution in [3.63, 3.8) is 0 Å². The van der Waals surface area contributed by atoms with Gasteiger partial charge in [-0.3, -0.25) is 0 Å². The molecule has 0 radical (unpaired) electrons. The molecule has 0 unspecified atom stereocenters. The molecular formula is C17H21NO2S. The number of aryl methyl sites for hydroxylation is 2. The average Bonchev–Trinajstić information content (AvgIpc) is 2.45. The molecule has 3 nitrogen and oxygen atoms in total. The molecule has 0 amide bonds. The van der Waals surface area contributed by atoms with Crippen molar-refractivity contribution < 1.29 is 8.42 Å². The second-order valence-electron chi connectivity index (χ2n) is 5.41. The molecule has 112 valence electrons. The first-order valence-corrected chi connectivity index (χ1v) is 8.61. The Morgan fingerprint density at radius 1 is 0.857 bits per heavy atom. The molecule has 0 fully saturated rings. The van der Waals surface area contributed by atoms with E-state index < -0.39 is 10.0 Å². The summed E-state index contributed by atoms with van der Waals surface area (Å²) in [5.74, 6) is 0. The second kappa shape index (κ2) is 6.87. The fourth-order valence-corrected chi connectivity index (χ4v) is 3.40. The Balaban J connectivity index is 2.02. The van der Waals surface area contributed by atoms with Gasteiger partial charge in [-0.1, -0.05) is 42.5 Å². The molecule has 1 N–H and O–H groups in total. The normalized spacial score (nSPS) is 11.8. The zero-order valence-corrected chi connectivity index (χ0v) is 13.2. The first kappa shape index (κ1) is 15.7. The highest BCUT2D eigenvalue weighted by Crippen LogP contribution is 2.13. The summed E-state index contributed by atoms with van der Waals surface area (Å²) in [5, 5.41) is 0. The Hall–Kier alpha value is -1.65. The maximum Gasteiger partial charge on any atom is 0.240 e. The van der Waals surface area contributed by atoms with E-state index in [0.717, 1.165) is 18.4 Å². The summed E-state index contributed by atoms with van der Waals surface area (Å²) in [5.41, 5.74) is 2.43. The fourth-order valence-electron chi connectivity index (χ4n) is 2.15. The van der Waals surface area contributed by atoms with E-state index in [1.165, 1.54) is 5.56 Å². The van der Waals surface area contributed by atoms with E-state index in [9.17, 15) is 8.42 Å². The molecule has 0 saturated carbocycles. The van der Waals surface area contributed by atoms with Crippen molar-refractivity contribution in [2.45, 2.75) is 37.6 Å². The molecule has 4 heteroatoms. The van der Waals surface area contributed by atoms with E-state index in [1.54, 1.807) is 12.1 Å². The van der Waals surface area contributed by atoms with Gasteiger partial charge in [-0.2, -0.15) is 0 Å². The van der Waals surface area contributed by atoms with Gasteiger partial charge in [-0.15, -0.1) is 0 Å². The first-order chi connectivity index (χ1) is 9.97. The predicted octanol–water partition coefficient (Wildman–Crippen LogP) is 3.16. The Labute approximate surface area is 127 Å². The van der Waals surface area contributed by atoms with Gasteiger partial charge in [0.1, 0.15) is 0 Å². The van der Waals surface area contributed by atoms with Gasteiger partial charge >= 0.3 is 0 Å². The van der Waals surface area contributed by atoms with Gasteiger partial charge < -0.3 is 0 Å². The molecule has 0 spiro atoms. The first-order valence-electron chi connectivity index (χ1n) is 7.12. The third-order valence-electron chi connectivity index (χ3n) is 3.17. The van der Waals surface area contributed by atoms with Crippen molar-refractivity contribution >= 4 is 10.0 Å². The molecule has 2 aromatic carbocycles. The number of hydrogen-bond acceptors (Lipinski definition) is 2. The van der Waals surface area contributed by atoms with Crippen molar-refractivity contribution in [3.8, 4) is 0 Å². The Kier molecular flexibility index (Phi) is 5.15. The second-order valence-corrected chi connectivity index (χ2v) is 7.12. The van der Waals surface area contributed by atoms with Crippen LogP contribution in [0.5, 0.6) is 0 Å². The maximum atomic E-state index is 12.0. The van der Waals surface area contributed by atoms with Crippen molar-refractivity contribution in [1.29, 1.82) is 0 Å². The highest BCUT2D eigenvalue weighted by molar-refractivity contribution is 7.89. The fraction of sp³-hybridized carbons (Fsp3) is 0.294. The average molecular weight is 303 g/mol. The third-order valence-corrected chi connectivity index (χ3v) is 4.84. The van der Waals surface area contributed by atoms with Crippen LogP contribution in [0.3, 0.4) is 0 Å². The minimum atomic E-state index is -3.39. The summed E-state index contributed by atoms with van der Waals surface area (Å²) in [7, 11) is -3.39. The van der Waals surface area contributed by atoms with Crippen LogP contribution in [0.2, 0.25) is 0 Å². The summed E-state index contributed by atoms with van der Waals surface area (Å²) in [6.07, 6.45) is 1.86. The van der Waals surface area contributed by atoms with Gasteiger partial charge in [0.05, 0.1) is 4.90 Å². The van der Waals surface area contributed by atoms with E-state index in [-0.39, 0.29) is 6.04 Å². The molecular weight excluding hydrogens is 282 g/mol. The number of benzene rings is 2. The SMILES string of the molecule is CC(C)NS(=O)(=O)c1ccc(CCc2ccccc2)cc1. The Bertz CT molecular complexity index is 662. The van der Waals surface area contributed by atoms with Gasteiger partial charge in [0.25, 0.3) is 0 Å². The van der Waals surface area contributed by atoms with Gasteiger partial charge in [-0.05, 0) is 49.9 Å². The van der Waals surface area contributed by atoms with Crippen molar-refractivity contribution in [3.05, 3.63) is 65.7 Å². The van der Waals surface area contributed by atoms with E-state index in [0.29, 0.717) is 4.90 Å². The third kappa shape index (κ3) is 4.69. The zero-order chi connectivity index (χ0) is 15.3. The largest absolute Gasteiger partial charge is 0.240 e. The van der Waals surface area contributed by atoms with E-state index >= 15 is 0 Å². The Morgan fingerprint density at radius 3 is 1.90 bits per heavy atom. The van der Waals surface area contributed by atoms with Crippen LogP contribution in [-0.4, -0.2) is 14.5 Å². The van der Waals surface area contributed by atoms with Crippen LogP contribution in [0.1, 0.15) is 25.0 Å². The van der Waals surface area contributed by atoms with Crippen LogP contribution >= 0.6 is 0 Å². The summed E-state index contributed by atoms with van der Waals surface area (Å²) >= 11 is 0. The monoisotopic (exact) mass is 303 g/mol. The topological polar surface area (TPSA) is 46.2 Å². The lowest BCUT2D eigenvalue weighted by atomic mass is 10.0. The van der Waals surface area contributed by atoms with Gasteiger partial charge in [0.15, 0.2) is 0 Å². The number of sulfonamides is 1. The summed E-state index contributed by atoms with van der Waals surface area (Å²) < 4.78 is 26.6. The molecule has 0 aliphatic carbocycles. The molecule has 0 bridgehead atoms. The molecule has 0 aliphatic heterocycles. The predicted molar refractivity (Wildman–Crippen MR) is 85.7 cm³/mol. The molecule has 0 saturated heterocycles. The smallest absolute Gasteiger partial charge is 0.209 e. The number of rotatable bonds is 6. The van der Waals surface area contributed by atoms with Gasteiger partial charge in [-0.25, -0.2) is 13.1 Å². The highest BCUT2D eigenvalue weighted by Gasteiger charge is 2.14. The van der Waals surface area contributed by atoms with Crippen molar-refractivity contribution in [2.24, 2.45) is 0 Å². The van der Waals surface area contributed by atoms with Crippen molar-refractivity contribution in [1.82, 2.24) is 4.72 Å². The molecule has 2 rings (SSSR count).